The van der Waals surface area contributed by atoms with Crippen molar-refractivity contribution >= 4 is 35.0 Å². The Morgan fingerprint density at radius 2 is 1.57 bits per heavy atom. The van der Waals surface area contributed by atoms with Crippen molar-refractivity contribution < 1.29 is 9.59 Å². The number of benzene rings is 2. The van der Waals surface area contributed by atoms with Gasteiger partial charge in [-0.1, -0.05) is 47.5 Å². The van der Waals surface area contributed by atoms with Gasteiger partial charge >= 0.3 is 0 Å². The summed E-state index contributed by atoms with van der Waals surface area (Å²) in [4.78, 5) is 36.9. The van der Waals surface area contributed by atoms with Crippen LogP contribution in [0.15, 0.2) is 71.7 Å². The molecule has 2 amide bonds. The van der Waals surface area contributed by atoms with Crippen molar-refractivity contribution in [3.05, 3.63) is 104 Å². The van der Waals surface area contributed by atoms with Gasteiger partial charge in [0.1, 0.15) is 5.56 Å². The lowest BCUT2D eigenvalue weighted by Crippen LogP contribution is -2.44. The third-order valence-electron chi connectivity index (χ3n) is 3.93. The summed E-state index contributed by atoms with van der Waals surface area (Å²) in [6.07, 6.45) is 1.56. The van der Waals surface area contributed by atoms with Crippen molar-refractivity contribution in [2.24, 2.45) is 0 Å². The van der Waals surface area contributed by atoms with Crippen LogP contribution in [0.2, 0.25) is 10.0 Å². The molecule has 1 heterocycles. The number of amides is 2. The molecule has 0 fully saturated rings. The maximum atomic E-state index is 12.6. The fourth-order valence-corrected chi connectivity index (χ4v) is 2.83. The third kappa shape index (κ3) is 4.60. The van der Waals surface area contributed by atoms with Gasteiger partial charge in [0.05, 0.1) is 16.6 Å². The van der Waals surface area contributed by atoms with E-state index in [4.69, 9.17) is 23.2 Å². The van der Waals surface area contributed by atoms with Gasteiger partial charge in [-0.15, -0.1) is 0 Å². The molecule has 28 heavy (non-hydrogen) atoms. The van der Waals surface area contributed by atoms with Crippen LogP contribution in [-0.4, -0.2) is 16.4 Å². The van der Waals surface area contributed by atoms with Gasteiger partial charge in [-0.3, -0.25) is 25.2 Å². The maximum Gasteiger partial charge on any atom is 0.275 e. The lowest BCUT2D eigenvalue weighted by Gasteiger charge is -2.10. The first-order chi connectivity index (χ1) is 13.5. The number of pyridine rings is 1. The summed E-state index contributed by atoms with van der Waals surface area (Å²) >= 11 is 11.9. The highest BCUT2D eigenvalue weighted by molar-refractivity contribution is 6.42. The van der Waals surface area contributed by atoms with Crippen LogP contribution in [0.5, 0.6) is 0 Å². The average Bonchev–Trinajstić information content (AvgIpc) is 2.71. The molecular formula is C20H15Cl2N3O3. The fourth-order valence-electron chi connectivity index (χ4n) is 2.51. The molecule has 1 aromatic heterocycles. The minimum atomic E-state index is -0.710. The Labute approximate surface area is 170 Å². The molecule has 8 heteroatoms. The Morgan fingerprint density at radius 1 is 0.857 bits per heavy atom. The van der Waals surface area contributed by atoms with E-state index in [1.165, 1.54) is 10.6 Å². The summed E-state index contributed by atoms with van der Waals surface area (Å²) in [5, 5.41) is 0.796. The lowest BCUT2D eigenvalue weighted by atomic mass is 10.2. The van der Waals surface area contributed by atoms with E-state index in [9.17, 15) is 14.4 Å². The van der Waals surface area contributed by atoms with E-state index in [-0.39, 0.29) is 12.1 Å². The fraction of sp³-hybridized carbons (Fsp3) is 0.0500. The molecule has 3 rings (SSSR count). The quantitative estimate of drug-likeness (QED) is 0.641. The number of nitrogens with one attached hydrogen (secondary N) is 2. The zero-order valence-corrected chi connectivity index (χ0v) is 16.0. The van der Waals surface area contributed by atoms with Gasteiger partial charge in [-0.05, 0) is 42.0 Å². The van der Waals surface area contributed by atoms with Crippen LogP contribution in [0.1, 0.15) is 26.3 Å². The highest BCUT2D eigenvalue weighted by Gasteiger charge is 2.14. The van der Waals surface area contributed by atoms with E-state index in [2.05, 4.69) is 10.9 Å². The van der Waals surface area contributed by atoms with Gasteiger partial charge < -0.3 is 4.57 Å². The van der Waals surface area contributed by atoms with Crippen molar-refractivity contribution in [2.45, 2.75) is 6.54 Å². The molecule has 142 valence electrons. The zero-order valence-electron chi connectivity index (χ0n) is 14.5. The van der Waals surface area contributed by atoms with E-state index in [0.29, 0.717) is 15.6 Å². The molecule has 2 N–H and O–H groups in total. The minimum Gasteiger partial charge on any atom is -0.310 e. The smallest absolute Gasteiger partial charge is 0.275 e. The van der Waals surface area contributed by atoms with Crippen LogP contribution < -0.4 is 16.4 Å². The summed E-state index contributed by atoms with van der Waals surface area (Å²) in [5.74, 6) is -1.20. The number of carbonyl (C=O) groups is 2. The Kier molecular flexibility index (Phi) is 6.13. The summed E-state index contributed by atoms with van der Waals surface area (Å²) < 4.78 is 1.37. The standard InChI is InChI=1S/C20H15Cl2N3O3/c21-16-9-8-13(11-17(16)22)12-25-10-4-7-15(20(25)28)19(27)24-23-18(26)14-5-2-1-3-6-14/h1-11H,12H2,(H,23,26)(H,24,27). The molecule has 0 radical (unpaired) electrons. The number of hydrogen-bond acceptors (Lipinski definition) is 3. The maximum absolute atomic E-state index is 12.6. The Hall–Kier alpha value is -3.09. The van der Waals surface area contributed by atoms with E-state index in [1.54, 1.807) is 60.8 Å². The van der Waals surface area contributed by atoms with Gasteiger partial charge in [0.2, 0.25) is 0 Å². The second-order valence-corrected chi connectivity index (χ2v) is 6.69. The van der Waals surface area contributed by atoms with Crippen LogP contribution in [-0.2, 0) is 6.54 Å². The Bertz CT molecular complexity index is 1080. The molecule has 0 atom stereocenters. The number of nitrogens with zero attached hydrogens (tertiary/aromatic N) is 1. The highest BCUT2D eigenvalue weighted by Crippen LogP contribution is 2.22. The first-order valence-corrected chi connectivity index (χ1v) is 9.00. The first kappa shape index (κ1) is 19.7. The molecule has 0 spiro atoms. The second kappa shape index (κ2) is 8.73. The Balaban J connectivity index is 1.73. The molecule has 0 saturated carbocycles. The lowest BCUT2D eigenvalue weighted by molar-refractivity contribution is 0.0845. The van der Waals surface area contributed by atoms with Crippen LogP contribution in [0.4, 0.5) is 0 Å². The largest absolute Gasteiger partial charge is 0.310 e. The van der Waals surface area contributed by atoms with Crippen molar-refractivity contribution in [1.29, 1.82) is 0 Å². The number of halogens is 2. The number of aromatic nitrogens is 1. The molecule has 0 unspecified atom stereocenters. The van der Waals surface area contributed by atoms with Crippen LogP contribution in [0.3, 0.4) is 0 Å². The molecular weight excluding hydrogens is 401 g/mol. The number of carbonyl (C=O) groups excluding carboxylic acids is 2. The van der Waals surface area contributed by atoms with E-state index < -0.39 is 17.4 Å². The van der Waals surface area contributed by atoms with Crippen LogP contribution >= 0.6 is 23.2 Å². The monoisotopic (exact) mass is 415 g/mol. The summed E-state index contributed by atoms with van der Waals surface area (Å²) in [6.45, 7) is 0.215. The van der Waals surface area contributed by atoms with Gasteiger partial charge in [0.25, 0.3) is 17.4 Å². The average molecular weight is 416 g/mol. The van der Waals surface area contributed by atoms with Gasteiger partial charge in [0, 0.05) is 11.8 Å². The van der Waals surface area contributed by atoms with Crippen LogP contribution in [0.25, 0.3) is 0 Å². The highest BCUT2D eigenvalue weighted by atomic mass is 35.5. The topological polar surface area (TPSA) is 80.2 Å². The van der Waals surface area contributed by atoms with Gasteiger partial charge in [0.15, 0.2) is 0 Å². The third-order valence-corrected chi connectivity index (χ3v) is 4.67. The van der Waals surface area contributed by atoms with Crippen LogP contribution in [0, 0.1) is 0 Å². The van der Waals surface area contributed by atoms with Crippen molar-refractivity contribution in [3.63, 3.8) is 0 Å². The summed E-state index contributed by atoms with van der Waals surface area (Å²) in [7, 11) is 0. The van der Waals surface area contributed by atoms with E-state index in [0.717, 1.165) is 5.56 Å². The molecule has 0 aliphatic heterocycles. The SMILES string of the molecule is O=C(NNC(=O)c1cccn(Cc2ccc(Cl)c(Cl)c2)c1=O)c1ccccc1. The summed E-state index contributed by atoms with van der Waals surface area (Å²) in [6, 6.07) is 16.4. The predicted octanol–water partition coefficient (Wildman–Crippen LogP) is 3.28. The van der Waals surface area contributed by atoms with E-state index in [1.807, 2.05) is 0 Å². The number of hydrogen-bond donors (Lipinski definition) is 2. The molecule has 2 aromatic carbocycles. The molecule has 0 bridgehead atoms. The summed E-state index contributed by atoms with van der Waals surface area (Å²) in [5.41, 5.74) is 5.08. The van der Waals surface area contributed by atoms with Crippen molar-refractivity contribution in [1.82, 2.24) is 15.4 Å². The second-order valence-electron chi connectivity index (χ2n) is 5.88. The zero-order chi connectivity index (χ0) is 20.1. The Morgan fingerprint density at radius 3 is 2.29 bits per heavy atom. The van der Waals surface area contributed by atoms with Crippen molar-refractivity contribution in [3.8, 4) is 0 Å². The molecule has 0 aliphatic rings. The first-order valence-electron chi connectivity index (χ1n) is 8.25. The van der Waals surface area contributed by atoms with Crippen molar-refractivity contribution in [2.75, 3.05) is 0 Å². The molecule has 3 aromatic rings. The number of rotatable bonds is 4. The normalized spacial score (nSPS) is 10.4. The number of hydrazine groups is 1. The van der Waals surface area contributed by atoms with Gasteiger partial charge in [-0.25, -0.2) is 0 Å². The minimum absolute atomic E-state index is 0.101. The predicted molar refractivity (Wildman–Crippen MR) is 108 cm³/mol. The van der Waals surface area contributed by atoms with E-state index >= 15 is 0 Å². The molecule has 6 nitrogen and oxygen atoms in total. The molecule has 0 aliphatic carbocycles. The molecule has 0 saturated heterocycles. The van der Waals surface area contributed by atoms with Gasteiger partial charge in [-0.2, -0.15) is 0 Å².